The maximum atomic E-state index is 10.9. The lowest BCUT2D eigenvalue weighted by atomic mass is 9.84. The third-order valence-corrected chi connectivity index (χ3v) is 5.25. The van der Waals surface area contributed by atoms with Gasteiger partial charge in [0.15, 0.2) is 0 Å². The van der Waals surface area contributed by atoms with Gasteiger partial charge in [-0.1, -0.05) is 22.0 Å². The Hall–Kier alpha value is -0.910. The van der Waals surface area contributed by atoms with Gasteiger partial charge in [0.1, 0.15) is 0 Å². The number of carboxylic acids is 1. The molecule has 3 fully saturated rings. The van der Waals surface area contributed by atoms with E-state index in [0.29, 0.717) is 11.6 Å². The number of carboxylic acid groups (broad SMARTS) is 1. The summed E-state index contributed by atoms with van der Waals surface area (Å²) in [5.41, 5.74) is 1.44. The Bertz CT molecular complexity index is 513. The second kappa shape index (κ2) is 5.84. The van der Waals surface area contributed by atoms with Crippen LogP contribution in [0.2, 0.25) is 0 Å². The minimum atomic E-state index is -0.886. The second-order valence-electron chi connectivity index (χ2n) is 5.74. The molecule has 1 unspecified atom stereocenters. The van der Waals surface area contributed by atoms with Gasteiger partial charge in [-0.25, -0.2) is 4.79 Å². The molecule has 0 aromatic heterocycles. The molecule has 2 bridgehead atoms. The summed E-state index contributed by atoms with van der Waals surface area (Å²) >= 11 is 3.47. The number of hydrogen-bond acceptors (Lipinski definition) is 3. The molecule has 1 aromatic rings. The Morgan fingerprint density at radius 1 is 1.40 bits per heavy atom. The number of nitrogens with zero attached hydrogens (tertiary/aromatic N) is 1. The molecule has 108 valence electrons. The molecule has 0 saturated carbocycles. The fraction of sp³-hybridized carbons (Fsp3) is 0.533. The van der Waals surface area contributed by atoms with Gasteiger partial charge < -0.3 is 15.3 Å². The van der Waals surface area contributed by atoms with Crippen molar-refractivity contribution < 1.29 is 9.90 Å². The van der Waals surface area contributed by atoms with Crippen LogP contribution in [0, 0.1) is 5.92 Å². The summed E-state index contributed by atoms with van der Waals surface area (Å²) in [5.74, 6) is -0.0836. The number of aromatic carboxylic acids is 1. The second-order valence-corrected chi connectivity index (χ2v) is 6.59. The van der Waals surface area contributed by atoms with Crippen molar-refractivity contribution in [2.24, 2.45) is 5.92 Å². The first kappa shape index (κ1) is 14.0. The molecule has 20 heavy (non-hydrogen) atoms. The van der Waals surface area contributed by atoms with Crippen LogP contribution in [0.4, 0.5) is 0 Å². The van der Waals surface area contributed by atoms with Crippen LogP contribution < -0.4 is 5.32 Å². The summed E-state index contributed by atoms with van der Waals surface area (Å²) in [7, 11) is 0. The summed E-state index contributed by atoms with van der Waals surface area (Å²) in [6.45, 7) is 4.44. The Balaban J connectivity index is 1.62. The fourth-order valence-electron chi connectivity index (χ4n) is 3.26. The first-order chi connectivity index (χ1) is 9.63. The van der Waals surface area contributed by atoms with Crippen molar-refractivity contribution in [3.63, 3.8) is 0 Å². The Morgan fingerprint density at radius 3 is 2.70 bits per heavy atom. The summed E-state index contributed by atoms with van der Waals surface area (Å²) in [5, 5.41) is 12.6. The summed E-state index contributed by atoms with van der Waals surface area (Å²) < 4.78 is 0.867. The van der Waals surface area contributed by atoms with E-state index in [1.54, 1.807) is 12.1 Å². The molecule has 3 aliphatic heterocycles. The van der Waals surface area contributed by atoms with Gasteiger partial charge in [0.25, 0.3) is 0 Å². The smallest absolute Gasteiger partial charge is 0.335 e. The molecule has 0 radical (unpaired) electrons. The monoisotopic (exact) mass is 338 g/mol. The van der Waals surface area contributed by atoms with E-state index in [1.807, 2.05) is 6.07 Å². The fourth-order valence-corrected chi connectivity index (χ4v) is 3.78. The van der Waals surface area contributed by atoms with Gasteiger partial charge in [-0.3, -0.25) is 0 Å². The highest BCUT2D eigenvalue weighted by Crippen LogP contribution is 2.28. The number of rotatable bonds is 4. The molecule has 3 saturated heterocycles. The van der Waals surface area contributed by atoms with Gasteiger partial charge in [-0.2, -0.15) is 0 Å². The molecule has 3 aliphatic rings. The average molecular weight is 339 g/mol. The molecule has 0 amide bonds. The highest BCUT2D eigenvalue weighted by atomic mass is 79.9. The van der Waals surface area contributed by atoms with E-state index in [-0.39, 0.29) is 0 Å². The molecule has 0 spiro atoms. The normalized spacial score (nSPS) is 28.6. The first-order valence-electron chi connectivity index (χ1n) is 7.11. The number of carbonyl (C=O) groups is 1. The van der Waals surface area contributed by atoms with Crippen molar-refractivity contribution in [1.29, 1.82) is 0 Å². The topological polar surface area (TPSA) is 52.6 Å². The number of piperidine rings is 3. The van der Waals surface area contributed by atoms with E-state index in [0.717, 1.165) is 29.0 Å². The van der Waals surface area contributed by atoms with Gasteiger partial charge in [-0.15, -0.1) is 0 Å². The van der Waals surface area contributed by atoms with E-state index in [4.69, 9.17) is 5.11 Å². The van der Waals surface area contributed by atoms with Crippen LogP contribution >= 0.6 is 15.9 Å². The Kier molecular flexibility index (Phi) is 4.10. The standard InChI is InChI=1S/C15H19BrN2O2/c16-13-7-11(15(19)20)1-2-12(13)8-17-14-9-18-5-3-10(14)4-6-18/h1-2,7,10,14,17H,3-6,8-9H2,(H,19,20). The van der Waals surface area contributed by atoms with Gasteiger partial charge in [-0.05, 0) is 49.5 Å². The lowest BCUT2D eigenvalue weighted by Crippen LogP contribution is -2.55. The largest absolute Gasteiger partial charge is 0.478 e. The Labute approximate surface area is 127 Å². The minimum absolute atomic E-state index is 0.323. The first-order valence-corrected chi connectivity index (χ1v) is 7.90. The summed E-state index contributed by atoms with van der Waals surface area (Å²) in [6, 6.07) is 5.81. The van der Waals surface area contributed by atoms with Gasteiger partial charge in [0.05, 0.1) is 5.56 Å². The number of hydrogen-bond donors (Lipinski definition) is 2. The van der Waals surface area contributed by atoms with E-state index in [2.05, 4.69) is 26.1 Å². The molecule has 1 aromatic carbocycles. The van der Waals surface area contributed by atoms with Gasteiger partial charge in [0.2, 0.25) is 0 Å². The van der Waals surface area contributed by atoms with Crippen molar-refractivity contribution in [3.05, 3.63) is 33.8 Å². The summed E-state index contributed by atoms with van der Waals surface area (Å²) in [6.07, 6.45) is 2.60. The number of nitrogens with one attached hydrogen (secondary N) is 1. The molecular formula is C15H19BrN2O2. The van der Waals surface area contributed by atoms with Crippen LogP contribution in [-0.2, 0) is 6.54 Å². The van der Waals surface area contributed by atoms with Crippen LogP contribution in [0.1, 0.15) is 28.8 Å². The SMILES string of the molecule is O=C(O)c1ccc(CNC2CN3CCC2CC3)c(Br)c1. The third kappa shape index (κ3) is 2.90. The van der Waals surface area contributed by atoms with E-state index >= 15 is 0 Å². The molecule has 5 heteroatoms. The quantitative estimate of drug-likeness (QED) is 0.884. The van der Waals surface area contributed by atoms with E-state index in [1.165, 1.54) is 25.9 Å². The van der Waals surface area contributed by atoms with Crippen molar-refractivity contribution in [2.45, 2.75) is 25.4 Å². The number of fused-ring (bicyclic) bond motifs is 3. The lowest BCUT2D eigenvalue weighted by molar-refractivity contribution is 0.0696. The van der Waals surface area contributed by atoms with Gasteiger partial charge in [0, 0.05) is 23.6 Å². The molecule has 2 N–H and O–H groups in total. The number of halogens is 1. The van der Waals surface area contributed by atoms with E-state index in [9.17, 15) is 4.79 Å². The van der Waals surface area contributed by atoms with Crippen molar-refractivity contribution in [1.82, 2.24) is 10.2 Å². The predicted molar refractivity (Wildman–Crippen MR) is 80.9 cm³/mol. The molecular weight excluding hydrogens is 320 g/mol. The van der Waals surface area contributed by atoms with Crippen molar-refractivity contribution in [2.75, 3.05) is 19.6 Å². The van der Waals surface area contributed by atoms with Gasteiger partial charge >= 0.3 is 5.97 Å². The Morgan fingerprint density at radius 2 is 2.15 bits per heavy atom. The maximum Gasteiger partial charge on any atom is 0.335 e. The van der Waals surface area contributed by atoms with E-state index < -0.39 is 5.97 Å². The van der Waals surface area contributed by atoms with Crippen molar-refractivity contribution >= 4 is 21.9 Å². The molecule has 0 aliphatic carbocycles. The number of benzene rings is 1. The highest BCUT2D eigenvalue weighted by Gasteiger charge is 2.33. The molecule has 3 heterocycles. The molecule has 4 nitrogen and oxygen atoms in total. The summed E-state index contributed by atoms with van der Waals surface area (Å²) in [4.78, 5) is 13.4. The lowest BCUT2D eigenvalue weighted by Gasteiger charge is -2.45. The minimum Gasteiger partial charge on any atom is -0.478 e. The average Bonchev–Trinajstić information content (AvgIpc) is 2.47. The van der Waals surface area contributed by atoms with Crippen LogP contribution in [0.25, 0.3) is 0 Å². The zero-order valence-corrected chi connectivity index (χ0v) is 12.9. The highest BCUT2D eigenvalue weighted by molar-refractivity contribution is 9.10. The van der Waals surface area contributed by atoms with Crippen LogP contribution in [0.15, 0.2) is 22.7 Å². The van der Waals surface area contributed by atoms with Crippen LogP contribution in [-0.4, -0.2) is 41.7 Å². The van der Waals surface area contributed by atoms with Crippen molar-refractivity contribution in [3.8, 4) is 0 Å². The predicted octanol–water partition coefficient (Wildman–Crippen LogP) is 2.33. The molecule has 4 rings (SSSR count). The third-order valence-electron chi connectivity index (χ3n) is 4.51. The van der Waals surface area contributed by atoms with Crippen LogP contribution in [0.3, 0.4) is 0 Å². The molecule has 1 atom stereocenters. The maximum absolute atomic E-state index is 10.9. The van der Waals surface area contributed by atoms with Crippen LogP contribution in [0.5, 0.6) is 0 Å². The zero-order valence-electron chi connectivity index (χ0n) is 11.3. The zero-order chi connectivity index (χ0) is 14.1.